The monoisotopic (exact) mass is 546 g/mol. The molecule has 0 atom stereocenters. The van der Waals surface area contributed by atoms with Gasteiger partial charge in [0.1, 0.15) is 17.4 Å². The molecule has 0 saturated carbocycles. The molecular formula is C28H29ClF2N2O3S. The number of fused-ring (bicyclic) bond motifs is 1. The lowest BCUT2D eigenvalue weighted by Gasteiger charge is -2.28. The van der Waals surface area contributed by atoms with Crippen molar-refractivity contribution in [2.45, 2.75) is 36.6 Å². The molecule has 1 saturated heterocycles. The summed E-state index contributed by atoms with van der Waals surface area (Å²) < 4.78 is 61.3. The van der Waals surface area contributed by atoms with Gasteiger partial charge in [0, 0.05) is 23.6 Å². The van der Waals surface area contributed by atoms with Crippen molar-refractivity contribution in [2.24, 2.45) is 0 Å². The van der Waals surface area contributed by atoms with Crippen molar-refractivity contribution >= 4 is 33.4 Å². The average Bonchev–Trinajstić information content (AvgIpc) is 3.21. The van der Waals surface area contributed by atoms with Gasteiger partial charge in [0.2, 0.25) is 0 Å². The van der Waals surface area contributed by atoms with Crippen LogP contribution in [0.5, 0.6) is 5.75 Å². The number of piperidine rings is 1. The van der Waals surface area contributed by atoms with Gasteiger partial charge in [-0.2, -0.15) is 8.42 Å². The number of likely N-dealkylation sites (tertiary alicyclic amines) is 1. The van der Waals surface area contributed by atoms with E-state index in [0.717, 1.165) is 73.6 Å². The van der Waals surface area contributed by atoms with Gasteiger partial charge in [-0.25, -0.2) is 8.78 Å². The molecule has 3 aromatic carbocycles. The van der Waals surface area contributed by atoms with Gasteiger partial charge in [-0.15, -0.1) is 12.4 Å². The predicted molar refractivity (Wildman–Crippen MR) is 143 cm³/mol. The summed E-state index contributed by atoms with van der Waals surface area (Å²) >= 11 is 0. The van der Waals surface area contributed by atoms with Crippen molar-refractivity contribution in [3.8, 4) is 5.75 Å². The highest BCUT2D eigenvalue weighted by Crippen LogP contribution is 2.37. The Kier molecular flexibility index (Phi) is 8.21. The number of aryl methyl sites for hydroxylation is 2. The Bertz CT molecular complexity index is 1460. The molecule has 5 nitrogen and oxygen atoms in total. The Morgan fingerprint density at radius 1 is 0.946 bits per heavy atom. The first-order valence-corrected chi connectivity index (χ1v) is 13.5. The molecule has 1 aromatic heterocycles. The molecule has 0 bridgehead atoms. The minimum atomic E-state index is -4.69. The van der Waals surface area contributed by atoms with Gasteiger partial charge in [0.05, 0.1) is 0 Å². The van der Waals surface area contributed by atoms with Crippen LogP contribution in [-0.4, -0.2) is 38.0 Å². The maximum atomic E-state index is 14.2. The third-order valence-electron chi connectivity index (χ3n) is 6.90. The number of rotatable bonds is 7. The van der Waals surface area contributed by atoms with Gasteiger partial charge in [-0.3, -0.25) is 0 Å². The molecule has 1 aliphatic heterocycles. The average molecular weight is 547 g/mol. The summed E-state index contributed by atoms with van der Waals surface area (Å²) in [5, 5.41) is 0.902. The first-order valence-electron chi connectivity index (χ1n) is 12.1. The second-order valence-electron chi connectivity index (χ2n) is 9.36. The lowest BCUT2D eigenvalue weighted by Crippen LogP contribution is -2.29. The van der Waals surface area contributed by atoms with E-state index in [9.17, 15) is 17.2 Å². The summed E-state index contributed by atoms with van der Waals surface area (Å²) in [6, 6.07) is 18.2. The van der Waals surface area contributed by atoms with Gasteiger partial charge < -0.3 is 13.7 Å². The van der Waals surface area contributed by atoms with Crippen LogP contribution in [0, 0.1) is 11.6 Å². The third-order valence-corrected chi connectivity index (χ3v) is 8.20. The summed E-state index contributed by atoms with van der Waals surface area (Å²) in [4.78, 5) is 1.22. The number of aromatic nitrogens is 1. The summed E-state index contributed by atoms with van der Waals surface area (Å²) in [5.74, 6) is -2.01. The maximum absolute atomic E-state index is 14.2. The van der Waals surface area contributed by atoms with Gasteiger partial charge >= 0.3 is 10.1 Å². The second-order valence-corrected chi connectivity index (χ2v) is 10.8. The van der Waals surface area contributed by atoms with Crippen LogP contribution in [0.1, 0.15) is 29.9 Å². The zero-order chi connectivity index (χ0) is 25.3. The first-order chi connectivity index (χ1) is 17.3. The van der Waals surface area contributed by atoms with Crippen LogP contribution in [-0.2, 0) is 23.1 Å². The molecule has 9 heteroatoms. The molecule has 0 spiro atoms. The Morgan fingerprint density at radius 2 is 1.62 bits per heavy atom. The SMILES string of the molecule is CN1CCC(c2cn(CCc3ccccc3)c3ccc(OS(=O)(=O)c4c(F)cccc4F)cc23)CC1.Cl. The van der Waals surface area contributed by atoms with Gasteiger partial charge in [0.25, 0.3) is 0 Å². The fourth-order valence-corrected chi connectivity index (χ4v) is 6.02. The van der Waals surface area contributed by atoms with E-state index in [1.165, 1.54) is 11.6 Å². The second kappa shape index (κ2) is 11.2. The fraction of sp³-hybridized carbons (Fsp3) is 0.286. The molecule has 0 radical (unpaired) electrons. The largest absolute Gasteiger partial charge is 0.379 e. The highest BCUT2D eigenvalue weighted by Gasteiger charge is 2.27. The number of nitrogens with zero attached hydrogens (tertiary/aromatic N) is 2. The van der Waals surface area contributed by atoms with E-state index in [4.69, 9.17) is 4.18 Å². The van der Waals surface area contributed by atoms with Crippen LogP contribution in [0.4, 0.5) is 8.78 Å². The van der Waals surface area contributed by atoms with Crippen LogP contribution >= 0.6 is 12.4 Å². The molecule has 0 amide bonds. The van der Waals surface area contributed by atoms with E-state index >= 15 is 0 Å². The molecule has 0 aliphatic carbocycles. The van der Waals surface area contributed by atoms with Crippen molar-refractivity contribution in [3.05, 3.63) is 95.7 Å². The summed E-state index contributed by atoms with van der Waals surface area (Å²) in [5.41, 5.74) is 3.35. The lowest BCUT2D eigenvalue weighted by atomic mass is 9.89. The molecule has 37 heavy (non-hydrogen) atoms. The van der Waals surface area contributed by atoms with Crippen LogP contribution in [0.15, 0.2) is 77.8 Å². The van der Waals surface area contributed by atoms with E-state index in [1.54, 1.807) is 6.07 Å². The molecule has 0 unspecified atom stereocenters. The van der Waals surface area contributed by atoms with Crippen LogP contribution < -0.4 is 4.18 Å². The van der Waals surface area contributed by atoms with Crippen LogP contribution in [0.3, 0.4) is 0 Å². The highest BCUT2D eigenvalue weighted by atomic mass is 35.5. The van der Waals surface area contributed by atoms with E-state index in [2.05, 4.69) is 34.8 Å². The fourth-order valence-electron chi connectivity index (χ4n) is 4.97. The summed E-state index contributed by atoms with van der Waals surface area (Å²) in [7, 11) is -2.58. The van der Waals surface area contributed by atoms with E-state index in [0.29, 0.717) is 5.92 Å². The molecular weight excluding hydrogens is 518 g/mol. The molecule has 0 N–H and O–H groups in total. The Labute approximate surface area is 222 Å². The minimum Gasteiger partial charge on any atom is -0.379 e. The molecule has 1 fully saturated rings. The molecule has 4 aromatic rings. The third kappa shape index (κ3) is 5.81. The maximum Gasteiger partial charge on any atom is 0.345 e. The van der Waals surface area contributed by atoms with E-state index in [1.807, 2.05) is 24.3 Å². The number of hydrogen-bond acceptors (Lipinski definition) is 4. The lowest BCUT2D eigenvalue weighted by molar-refractivity contribution is 0.256. The summed E-state index contributed by atoms with van der Waals surface area (Å²) in [6.07, 6.45) is 5.02. The van der Waals surface area contributed by atoms with Gasteiger partial charge in [0.15, 0.2) is 4.90 Å². The quantitative estimate of drug-likeness (QED) is 0.260. The number of halogens is 3. The molecule has 5 rings (SSSR count). The highest BCUT2D eigenvalue weighted by molar-refractivity contribution is 7.87. The van der Waals surface area contributed by atoms with E-state index in [-0.39, 0.29) is 18.2 Å². The van der Waals surface area contributed by atoms with Crippen molar-refractivity contribution in [3.63, 3.8) is 0 Å². The minimum absolute atomic E-state index is 0. The zero-order valence-corrected chi connectivity index (χ0v) is 22.1. The summed E-state index contributed by atoms with van der Waals surface area (Å²) in [6.45, 7) is 2.74. The molecule has 196 valence electrons. The molecule has 1 aliphatic rings. The first kappa shape index (κ1) is 27.1. The van der Waals surface area contributed by atoms with Crippen molar-refractivity contribution < 1.29 is 21.4 Å². The zero-order valence-electron chi connectivity index (χ0n) is 20.4. The predicted octanol–water partition coefficient (Wildman–Crippen LogP) is 6.16. The van der Waals surface area contributed by atoms with Crippen molar-refractivity contribution in [1.82, 2.24) is 9.47 Å². The van der Waals surface area contributed by atoms with Crippen molar-refractivity contribution in [2.75, 3.05) is 20.1 Å². The van der Waals surface area contributed by atoms with E-state index < -0.39 is 26.6 Å². The standard InChI is InChI=1S/C28H28F2N2O3S.ClH/c1-31-15-13-21(14-16-31)24-19-32(17-12-20-6-3-2-4-7-20)27-11-10-22(18-23(24)27)35-36(33,34)28-25(29)8-5-9-26(28)30;/h2-11,18-19,21H,12-17H2,1H3;1H. The normalized spacial score (nSPS) is 15.0. The topological polar surface area (TPSA) is 51.5 Å². The number of hydrogen-bond donors (Lipinski definition) is 0. The van der Waals surface area contributed by atoms with Gasteiger partial charge in [-0.1, -0.05) is 36.4 Å². The molecule has 2 heterocycles. The van der Waals surface area contributed by atoms with Crippen LogP contribution in [0.2, 0.25) is 0 Å². The Hall–Kier alpha value is -2.94. The van der Waals surface area contributed by atoms with Crippen molar-refractivity contribution in [1.29, 1.82) is 0 Å². The van der Waals surface area contributed by atoms with Gasteiger partial charge in [-0.05, 0) is 86.8 Å². The Balaban J connectivity index is 0.00000320. The van der Waals surface area contributed by atoms with Crippen LogP contribution in [0.25, 0.3) is 10.9 Å². The Morgan fingerprint density at radius 3 is 2.30 bits per heavy atom. The number of benzene rings is 3. The smallest absolute Gasteiger partial charge is 0.345 e.